The Hall–Kier alpha value is -0.240. The van der Waals surface area contributed by atoms with E-state index in [0.717, 1.165) is 0 Å². The van der Waals surface area contributed by atoms with Crippen molar-refractivity contribution in [3.63, 3.8) is 0 Å². The quantitative estimate of drug-likeness (QED) is 0.309. The summed E-state index contributed by atoms with van der Waals surface area (Å²) in [7, 11) is 0. The molecule has 0 aromatic rings. The van der Waals surface area contributed by atoms with Crippen LogP contribution in [-0.2, 0) is 4.74 Å². The number of rotatable bonds is 8. The molecule has 0 aliphatic heterocycles. The molecule has 0 aliphatic carbocycles. The van der Waals surface area contributed by atoms with Crippen molar-refractivity contribution in [1.29, 1.82) is 0 Å². The molecule has 0 rings (SSSR count). The molecule has 0 saturated carbocycles. The van der Waals surface area contributed by atoms with E-state index >= 15 is 0 Å². The highest BCUT2D eigenvalue weighted by molar-refractivity contribution is 4.69. The summed E-state index contributed by atoms with van der Waals surface area (Å²) in [6, 6.07) is 0. The molecule has 6 nitrogen and oxygen atoms in total. The average Bonchev–Trinajstić information content (AvgIpc) is 2.17. The van der Waals surface area contributed by atoms with Crippen LogP contribution in [0.2, 0.25) is 0 Å². The first-order valence-corrected chi connectivity index (χ1v) is 5.03. The highest BCUT2D eigenvalue weighted by Gasteiger charge is 2.24. The van der Waals surface area contributed by atoms with Gasteiger partial charge < -0.3 is 30.9 Å². The molecule has 0 fully saturated rings. The van der Waals surface area contributed by atoms with Gasteiger partial charge in [-0.25, -0.2) is 0 Å². The van der Waals surface area contributed by atoms with Crippen LogP contribution in [0.15, 0.2) is 0 Å². The minimum absolute atomic E-state index is 0.372. The highest BCUT2D eigenvalue weighted by Crippen LogP contribution is 2.11. The molecule has 0 aromatic carbocycles. The molecule has 15 heavy (non-hydrogen) atoms. The van der Waals surface area contributed by atoms with Crippen LogP contribution < -0.4 is 5.73 Å². The number of ether oxygens (including phenoxy) is 1. The lowest BCUT2D eigenvalue weighted by atomic mass is 10.1. The number of nitrogens with two attached hydrogens (primary N) is 1. The monoisotopic (exact) mass is 223 g/mol. The van der Waals surface area contributed by atoms with Crippen LogP contribution in [0.4, 0.5) is 0 Å². The topological polar surface area (TPSA) is 116 Å². The van der Waals surface area contributed by atoms with Crippen molar-refractivity contribution < 1.29 is 25.2 Å². The Labute approximate surface area is 89.3 Å². The summed E-state index contributed by atoms with van der Waals surface area (Å²) in [5.74, 6) is 0. The smallest absolute Gasteiger partial charge is 0.178 e. The van der Waals surface area contributed by atoms with Gasteiger partial charge in [-0.1, -0.05) is 0 Å². The normalized spacial score (nSPS) is 17.8. The van der Waals surface area contributed by atoms with Gasteiger partial charge in [0.2, 0.25) is 0 Å². The van der Waals surface area contributed by atoms with Gasteiger partial charge in [0.15, 0.2) is 6.29 Å². The predicted octanol–water partition coefficient (Wildman–Crippen LogP) is -1.84. The van der Waals surface area contributed by atoms with Crippen molar-refractivity contribution in [2.24, 2.45) is 5.73 Å². The van der Waals surface area contributed by atoms with Crippen molar-refractivity contribution in [3.05, 3.63) is 0 Å². The Balaban J connectivity index is 4.12. The maximum atomic E-state index is 9.20. The van der Waals surface area contributed by atoms with Crippen LogP contribution in [0.1, 0.15) is 19.8 Å². The van der Waals surface area contributed by atoms with E-state index in [1.807, 2.05) is 0 Å². The molecule has 3 atom stereocenters. The van der Waals surface area contributed by atoms with E-state index < -0.39 is 24.6 Å². The SMILES string of the molecule is CC(O)C(CO)OC(CCCN)C(O)O. The zero-order chi connectivity index (χ0) is 11.8. The average molecular weight is 223 g/mol. The van der Waals surface area contributed by atoms with Crippen LogP contribution >= 0.6 is 0 Å². The van der Waals surface area contributed by atoms with Crippen LogP contribution in [0.25, 0.3) is 0 Å². The van der Waals surface area contributed by atoms with Gasteiger partial charge in [0.25, 0.3) is 0 Å². The Morgan fingerprint density at radius 3 is 2.13 bits per heavy atom. The second-order valence-electron chi connectivity index (χ2n) is 3.48. The number of aliphatic hydroxyl groups excluding tert-OH is 3. The molecular weight excluding hydrogens is 202 g/mol. The maximum Gasteiger partial charge on any atom is 0.178 e. The molecule has 0 bridgehead atoms. The first-order valence-electron chi connectivity index (χ1n) is 5.03. The second-order valence-corrected chi connectivity index (χ2v) is 3.48. The van der Waals surface area contributed by atoms with Crippen LogP contribution in [0.5, 0.6) is 0 Å². The van der Waals surface area contributed by atoms with E-state index in [1.54, 1.807) is 0 Å². The summed E-state index contributed by atoms with van der Waals surface area (Å²) in [5, 5.41) is 36.1. The standard InChI is InChI=1S/C9H21NO5/c1-6(12)8(5-11)15-7(9(13)14)3-2-4-10/h6-9,11-14H,2-5,10H2,1H3. The van der Waals surface area contributed by atoms with Crippen LogP contribution in [0.3, 0.4) is 0 Å². The van der Waals surface area contributed by atoms with Crippen molar-refractivity contribution in [2.75, 3.05) is 13.2 Å². The van der Waals surface area contributed by atoms with Gasteiger partial charge in [0, 0.05) is 0 Å². The fraction of sp³-hybridized carbons (Fsp3) is 1.00. The molecule has 92 valence electrons. The third kappa shape index (κ3) is 6.03. The highest BCUT2D eigenvalue weighted by atomic mass is 16.6. The Morgan fingerprint density at radius 1 is 1.20 bits per heavy atom. The van der Waals surface area contributed by atoms with Gasteiger partial charge in [-0.15, -0.1) is 0 Å². The molecule has 0 heterocycles. The summed E-state index contributed by atoms with van der Waals surface area (Å²) < 4.78 is 5.17. The first-order chi connectivity index (χ1) is 7.02. The van der Waals surface area contributed by atoms with E-state index in [1.165, 1.54) is 6.92 Å². The third-order valence-electron chi connectivity index (χ3n) is 2.09. The zero-order valence-electron chi connectivity index (χ0n) is 8.91. The summed E-state index contributed by atoms with van der Waals surface area (Å²) in [4.78, 5) is 0. The minimum atomic E-state index is -1.63. The van der Waals surface area contributed by atoms with E-state index in [0.29, 0.717) is 19.4 Å². The molecule has 0 spiro atoms. The summed E-state index contributed by atoms with van der Waals surface area (Å²) in [6.45, 7) is 1.51. The van der Waals surface area contributed by atoms with Crippen molar-refractivity contribution in [2.45, 2.75) is 44.4 Å². The fourth-order valence-electron chi connectivity index (χ4n) is 1.14. The lowest BCUT2D eigenvalue weighted by Crippen LogP contribution is -2.39. The van der Waals surface area contributed by atoms with Crippen LogP contribution in [0, 0.1) is 0 Å². The van der Waals surface area contributed by atoms with Gasteiger partial charge in [-0.2, -0.15) is 0 Å². The predicted molar refractivity (Wildman–Crippen MR) is 53.9 cm³/mol. The lowest BCUT2D eigenvalue weighted by molar-refractivity contribution is -0.187. The van der Waals surface area contributed by atoms with Crippen molar-refractivity contribution >= 4 is 0 Å². The second kappa shape index (κ2) is 7.98. The Morgan fingerprint density at radius 2 is 1.80 bits per heavy atom. The Kier molecular flexibility index (Phi) is 7.85. The van der Waals surface area contributed by atoms with Crippen molar-refractivity contribution in [3.8, 4) is 0 Å². The third-order valence-corrected chi connectivity index (χ3v) is 2.09. The van der Waals surface area contributed by atoms with Gasteiger partial charge in [-0.05, 0) is 26.3 Å². The largest absolute Gasteiger partial charge is 0.394 e. The summed E-state index contributed by atoms with van der Waals surface area (Å²) in [5.41, 5.74) is 5.28. The van der Waals surface area contributed by atoms with Gasteiger partial charge in [0.05, 0.1) is 12.7 Å². The molecule has 0 amide bonds. The van der Waals surface area contributed by atoms with Crippen LogP contribution in [-0.4, -0.2) is 58.2 Å². The van der Waals surface area contributed by atoms with E-state index in [4.69, 9.17) is 25.8 Å². The molecule has 0 aromatic heterocycles. The van der Waals surface area contributed by atoms with Gasteiger partial charge in [0.1, 0.15) is 12.2 Å². The number of hydrogen-bond donors (Lipinski definition) is 5. The molecule has 0 saturated heterocycles. The molecule has 6 N–H and O–H groups in total. The number of aliphatic hydroxyl groups is 4. The molecular formula is C9H21NO5. The number of hydrogen-bond acceptors (Lipinski definition) is 6. The fourth-order valence-corrected chi connectivity index (χ4v) is 1.14. The summed E-state index contributed by atoms with van der Waals surface area (Å²) in [6.07, 6.45) is -3.19. The first kappa shape index (κ1) is 14.8. The van der Waals surface area contributed by atoms with E-state index in [2.05, 4.69) is 0 Å². The maximum absolute atomic E-state index is 9.20. The van der Waals surface area contributed by atoms with E-state index in [-0.39, 0.29) is 6.61 Å². The van der Waals surface area contributed by atoms with E-state index in [9.17, 15) is 5.11 Å². The molecule has 0 aliphatic rings. The summed E-state index contributed by atoms with van der Waals surface area (Å²) >= 11 is 0. The zero-order valence-corrected chi connectivity index (χ0v) is 8.91. The Bertz CT molecular complexity index is 153. The lowest BCUT2D eigenvalue weighted by Gasteiger charge is -2.26. The van der Waals surface area contributed by atoms with Crippen molar-refractivity contribution in [1.82, 2.24) is 0 Å². The minimum Gasteiger partial charge on any atom is -0.394 e. The molecule has 6 heteroatoms. The van der Waals surface area contributed by atoms with Gasteiger partial charge >= 0.3 is 0 Å². The van der Waals surface area contributed by atoms with Gasteiger partial charge in [-0.3, -0.25) is 0 Å². The molecule has 0 radical (unpaired) electrons. The molecule has 3 unspecified atom stereocenters.